The molecule has 0 aromatic heterocycles. The topological polar surface area (TPSA) is 54.0 Å². The number of esters is 1. The molecule has 18 heavy (non-hydrogen) atoms. The maximum atomic E-state index is 12.1. The Balaban J connectivity index is 1.95. The van der Waals surface area contributed by atoms with E-state index >= 15 is 0 Å². The number of fused-ring (bicyclic) bond motifs is 2. The van der Waals surface area contributed by atoms with Gasteiger partial charge in [-0.25, -0.2) is 0 Å². The van der Waals surface area contributed by atoms with Gasteiger partial charge < -0.3 is 18.9 Å². The van der Waals surface area contributed by atoms with Crippen molar-refractivity contribution < 1.29 is 23.7 Å². The van der Waals surface area contributed by atoms with Gasteiger partial charge in [0, 0.05) is 6.92 Å². The Bertz CT molecular complexity index is 332. The third-order valence-electron chi connectivity index (χ3n) is 3.13. The Morgan fingerprint density at radius 3 is 2.44 bits per heavy atom. The molecule has 102 valence electrons. The number of carbonyl (C=O) groups is 1. The monoisotopic (exact) mass is 256 g/mol. The van der Waals surface area contributed by atoms with Crippen LogP contribution in [0.1, 0.15) is 27.2 Å². The molecule has 0 aromatic rings. The Hall–Kier alpha value is -0.910. The molecule has 0 amide bonds. The van der Waals surface area contributed by atoms with Crippen LogP contribution in [0.2, 0.25) is 0 Å². The van der Waals surface area contributed by atoms with Crippen LogP contribution in [0, 0.1) is 5.92 Å². The molecule has 2 heterocycles. The van der Waals surface area contributed by atoms with Crippen molar-refractivity contribution in [2.45, 2.75) is 45.4 Å². The number of hydrogen-bond acceptors (Lipinski definition) is 5. The zero-order chi connectivity index (χ0) is 13.2. The lowest BCUT2D eigenvalue weighted by Gasteiger charge is -2.29. The molecule has 2 bridgehead atoms. The van der Waals surface area contributed by atoms with Gasteiger partial charge in [0.15, 0.2) is 0 Å². The van der Waals surface area contributed by atoms with E-state index < -0.39 is 5.97 Å². The van der Waals surface area contributed by atoms with Crippen LogP contribution in [0.25, 0.3) is 0 Å². The third-order valence-corrected chi connectivity index (χ3v) is 3.13. The van der Waals surface area contributed by atoms with Gasteiger partial charge >= 0.3 is 11.9 Å². The minimum Gasteiger partial charge on any atom is -0.408 e. The largest absolute Gasteiger partial charge is 0.408 e. The van der Waals surface area contributed by atoms with Crippen molar-refractivity contribution in [3.05, 3.63) is 12.2 Å². The lowest BCUT2D eigenvalue weighted by Crippen LogP contribution is -2.41. The molecule has 0 spiro atoms. The van der Waals surface area contributed by atoms with E-state index in [0.29, 0.717) is 19.6 Å². The zero-order valence-corrected chi connectivity index (χ0v) is 11.0. The Kier molecular flexibility index (Phi) is 4.04. The van der Waals surface area contributed by atoms with E-state index in [9.17, 15) is 4.79 Å². The summed E-state index contributed by atoms with van der Waals surface area (Å²) in [6.07, 6.45) is 4.47. The highest BCUT2D eigenvalue weighted by molar-refractivity contribution is 5.74. The second-order valence-electron chi connectivity index (χ2n) is 4.52. The van der Waals surface area contributed by atoms with Gasteiger partial charge in [-0.2, -0.15) is 0 Å². The molecule has 0 aromatic carbocycles. The van der Waals surface area contributed by atoms with Crippen LogP contribution in [0.5, 0.6) is 0 Å². The van der Waals surface area contributed by atoms with Crippen molar-refractivity contribution in [2.75, 3.05) is 13.2 Å². The van der Waals surface area contributed by atoms with Crippen LogP contribution in [0.3, 0.4) is 0 Å². The van der Waals surface area contributed by atoms with Crippen LogP contribution in [0.4, 0.5) is 0 Å². The molecule has 0 saturated carbocycles. The van der Waals surface area contributed by atoms with Crippen LogP contribution in [-0.4, -0.2) is 37.4 Å². The third kappa shape index (κ3) is 2.74. The molecule has 1 saturated heterocycles. The minimum atomic E-state index is -1.30. The molecule has 2 aliphatic heterocycles. The van der Waals surface area contributed by atoms with E-state index in [1.807, 2.05) is 26.0 Å². The number of rotatable bonds is 6. The zero-order valence-electron chi connectivity index (χ0n) is 11.0. The fraction of sp³-hybridized carbons (Fsp3) is 0.769. The summed E-state index contributed by atoms with van der Waals surface area (Å²) < 4.78 is 21.6. The lowest BCUT2D eigenvalue weighted by atomic mass is 9.94. The maximum Gasteiger partial charge on any atom is 0.326 e. The normalized spacial score (nSPS) is 29.8. The van der Waals surface area contributed by atoms with Gasteiger partial charge in [0.1, 0.15) is 0 Å². The predicted octanol–water partition coefficient (Wildman–Crippen LogP) is 1.62. The summed E-state index contributed by atoms with van der Waals surface area (Å²) in [4.78, 5) is 12.1. The fourth-order valence-electron chi connectivity index (χ4n) is 2.39. The maximum absolute atomic E-state index is 12.1. The molecule has 3 unspecified atom stereocenters. The first-order chi connectivity index (χ1) is 8.58. The first-order valence-electron chi connectivity index (χ1n) is 6.42. The Morgan fingerprint density at radius 1 is 1.33 bits per heavy atom. The van der Waals surface area contributed by atoms with Crippen LogP contribution in [-0.2, 0) is 23.7 Å². The molecule has 2 rings (SSSR count). The summed E-state index contributed by atoms with van der Waals surface area (Å²) in [6, 6.07) is 0. The molecule has 0 aliphatic carbocycles. The highest BCUT2D eigenvalue weighted by Crippen LogP contribution is 2.35. The molecule has 0 radical (unpaired) electrons. The SMILES string of the molecule is CCOC(C)(OCC)OC(=O)C1CC2C=CC1O2. The van der Waals surface area contributed by atoms with Crippen molar-refractivity contribution in [2.24, 2.45) is 5.92 Å². The smallest absolute Gasteiger partial charge is 0.326 e. The van der Waals surface area contributed by atoms with E-state index in [4.69, 9.17) is 18.9 Å². The van der Waals surface area contributed by atoms with Gasteiger partial charge in [0.25, 0.3) is 0 Å². The van der Waals surface area contributed by atoms with Crippen molar-refractivity contribution in [3.8, 4) is 0 Å². The van der Waals surface area contributed by atoms with Gasteiger partial charge in [-0.15, -0.1) is 0 Å². The standard InChI is InChI=1S/C13H20O5/c1-4-15-13(3,16-5-2)18-12(14)10-8-9-6-7-11(10)17-9/h6-7,9-11H,4-5,8H2,1-3H3. The van der Waals surface area contributed by atoms with Gasteiger partial charge in [-0.05, 0) is 20.3 Å². The summed E-state index contributed by atoms with van der Waals surface area (Å²) in [5.74, 6) is -1.87. The predicted molar refractivity (Wildman–Crippen MR) is 63.7 cm³/mol. The van der Waals surface area contributed by atoms with E-state index in [1.54, 1.807) is 6.92 Å². The van der Waals surface area contributed by atoms with Crippen LogP contribution in [0.15, 0.2) is 12.2 Å². The second-order valence-corrected chi connectivity index (χ2v) is 4.52. The van der Waals surface area contributed by atoms with Crippen molar-refractivity contribution in [1.82, 2.24) is 0 Å². The molecular formula is C13H20O5. The fourth-order valence-corrected chi connectivity index (χ4v) is 2.39. The second kappa shape index (κ2) is 5.38. The van der Waals surface area contributed by atoms with Crippen LogP contribution < -0.4 is 0 Å². The van der Waals surface area contributed by atoms with Gasteiger partial charge in [-0.3, -0.25) is 4.79 Å². The summed E-state index contributed by atoms with van der Waals surface area (Å²) >= 11 is 0. The Labute approximate surface area is 107 Å². The molecule has 3 atom stereocenters. The highest BCUT2D eigenvalue weighted by Gasteiger charge is 2.44. The van der Waals surface area contributed by atoms with E-state index in [1.165, 1.54) is 0 Å². The molecule has 2 aliphatic rings. The minimum absolute atomic E-state index is 0.0537. The molecule has 0 N–H and O–H groups in total. The van der Waals surface area contributed by atoms with Crippen molar-refractivity contribution in [3.63, 3.8) is 0 Å². The van der Waals surface area contributed by atoms with Gasteiger partial charge in [0.2, 0.25) is 0 Å². The average Bonchev–Trinajstić information content (AvgIpc) is 2.90. The number of hydrogen-bond donors (Lipinski definition) is 0. The number of ether oxygens (including phenoxy) is 4. The van der Waals surface area contributed by atoms with E-state index in [-0.39, 0.29) is 24.1 Å². The van der Waals surface area contributed by atoms with Crippen molar-refractivity contribution >= 4 is 5.97 Å². The number of carbonyl (C=O) groups excluding carboxylic acids is 1. The first kappa shape index (κ1) is 13.5. The summed E-state index contributed by atoms with van der Waals surface area (Å²) in [5.41, 5.74) is 0. The molecule has 5 nitrogen and oxygen atoms in total. The molecule has 1 fully saturated rings. The highest BCUT2D eigenvalue weighted by atomic mass is 16.9. The van der Waals surface area contributed by atoms with Crippen molar-refractivity contribution in [1.29, 1.82) is 0 Å². The quantitative estimate of drug-likeness (QED) is 0.410. The molecule has 5 heteroatoms. The lowest BCUT2D eigenvalue weighted by molar-refractivity contribution is -0.351. The summed E-state index contributed by atoms with van der Waals surface area (Å²) in [5, 5.41) is 0. The van der Waals surface area contributed by atoms with Gasteiger partial charge in [0.05, 0.1) is 31.3 Å². The first-order valence-corrected chi connectivity index (χ1v) is 6.42. The van der Waals surface area contributed by atoms with Crippen LogP contribution >= 0.6 is 0 Å². The Morgan fingerprint density at radius 2 is 2.00 bits per heavy atom. The summed E-state index contributed by atoms with van der Waals surface area (Å²) in [7, 11) is 0. The summed E-state index contributed by atoms with van der Waals surface area (Å²) in [6.45, 7) is 6.10. The molecular weight excluding hydrogens is 236 g/mol. The van der Waals surface area contributed by atoms with E-state index in [0.717, 1.165) is 0 Å². The van der Waals surface area contributed by atoms with Gasteiger partial charge in [-0.1, -0.05) is 12.2 Å². The van der Waals surface area contributed by atoms with E-state index in [2.05, 4.69) is 0 Å². The average molecular weight is 256 g/mol.